The van der Waals surface area contributed by atoms with Crippen molar-refractivity contribution in [2.45, 2.75) is 34.1 Å². The Labute approximate surface area is 155 Å². The zero-order chi connectivity index (χ0) is 19.3. The molecule has 6 nitrogen and oxygen atoms in total. The molecule has 0 spiro atoms. The molecule has 2 aliphatic heterocycles. The summed E-state index contributed by atoms with van der Waals surface area (Å²) in [6.07, 6.45) is 1.10. The highest BCUT2D eigenvalue weighted by atomic mass is 32.2. The van der Waals surface area contributed by atoms with Crippen molar-refractivity contribution in [3.05, 3.63) is 29.8 Å². The summed E-state index contributed by atoms with van der Waals surface area (Å²) < 4.78 is 25.8. The van der Waals surface area contributed by atoms with Gasteiger partial charge in [-0.15, -0.1) is 0 Å². The van der Waals surface area contributed by atoms with E-state index in [2.05, 4.69) is 13.8 Å². The van der Waals surface area contributed by atoms with Gasteiger partial charge < -0.3 is 4.90 Å². The Hall–Kier alpha value is -1.89. The van der Waals surface area contributed by atoms with Crippen LogP contribution in [0.4, 0.5) is 5.69 Å². The van der Waals surface area contributed by atoms with E-state index in [4.69, 9.17) is 0 Å². The van der Waals surface area contributed by atoms with E-state index < -0.39 is 21.3 Å². The number of hydrogen-bond donors (Lipinski definition) is 0. The number of amides is 2. The molecule has 1 aromatic rings. The topological polar surface area (TPSA) is 74.8 Å². The van der Waals surface area contributed by atoms with E-state index in [-0.39, 0.29) is 17.3 Å². The molecule has 2 fully saturated rings. The number of benzene rings is 1. The number of rotatable bonds is 2. The number of carbonyl (C=O) groups is 2. The van der Waals surface area contributed by atoms with Crippen LogP contribution in [-0.2, 0) is 14.8 Å². The molecule has 0 unspecified atom stereocenters. The minimum atomic E-state index is -3.72. The number of sulfonamides is 1. The number of carbonyl (C=O) groups excluding carboxylic acids is 2. The van der Waals surface area contributed by atoms with Crippen LogP contribution in [0.15, 0.2) is 24.3 Å². The van der Waals surface area contributed by atoms with Crippen LogP contribution in [0.3, 0.4) is 0 Å². The van der Waals surface area contributed by atoms with Crippen molar-refractivity contribution in [1.29, 1.82) is 0 Å². The van der Waals surface area contributed by atoms with Crippen molar-refractivity contribution >= 4 is 27.5 Å². The lowest BCUT2D eigenvalue weighted by Gasteiger charge is -2.35. The zero-order valence-corrected chi connectivity index (χ0v) is 16.5. The third-order valence-corrected chi connectivity index (χ3v) is 7.09. The van der Waals surface area contributed by atoms with Crippen LogP contribution in [0.5, 0.6) is 0 Å². The lowest BCUT2D eigenvalue weighted by atomic mass is 9.91. The molecule has 0 aromatic heterocycles. The molecule has 2 amide bonds. The van der Waals surface area contributed by atoms with E-state index in [1.54, 1.807) is 32.0 Å². The molecule has 142 valence electrons. The third-order valence-electron chi connectivity index (χ3n) is 5.07. The van der Waals surface area contributed by atoms with Crippen molar-refractivity contribution in [3.63, 3.8) is 0 Å². The van der Waals surface area contributed by atoms with Gasteiger partial charge in [0.25, 0.3) is 5.91 Å². The minimum Gasteiger partial charge on any atom is -0.338 e. The van der Waals surface area contributed by atoms with Gasteiger partial charge in [-0.25, -0.2) is 12.7 Å². The molecule has 2 atom stereocenters. The summed E-state index contributed by atoms with van der Waals surface area (Å²) in [5.41, 5.74) is -0.308. The largest absolute Gasteiger partial charge is 0.338 e. The standard InChI is InChI=1S/C19H26N2O4S/c1-13-8-14(2)11-20(10-13)17(22)15-6-5-7-16(9-15)21-18(23)19(3,4)12-26(21,24)25/h5-7,9,13-14H,8,10-12H2,1-4H3/t13-,14+. The number of likely N-dealkylation sites (tertiary alicyclic amines) is 1. The number of nitrogens with zero attached hydrogens (tertiary/aromatic N) is 2. The number of anilines is 1. The Balaban J connectivity index is 1.92. The summed E-state index contributed by atoms with van der Waals surface area (Å²) in [7, 11) is -3.72. The van der Waals surface area contributed by atoms with Crippen LogP contribution in [0.1, 0.15) is 44.5 Å². The maximum atomic E-state index is 12.9. The average molecular weight is 378 g/mol. The lowest BCUT2D eigenvalue weighted by molar-refractivity contribution is -0.123. The third kappa shape index (κ3) is 3.37. The van der Waals surface area contributed by atoms with Crippen LogP contribution in [0, 0.1) is 17.3 Å². The summed E-state index contributed by atoms with van der Waals surface area (Å²) in [5.74, 6) is 0.0772. The predicted octanol–water partition coefficient (Wildman–Crippen LogP) is 2.51. The second kappa shape index (κ2) is 6.37. The SMILES string of the molecule is C[C@@H]1C[C@H](C)CN(C(=O)c2cccc(N3C(=O)C(C)(C)CS3(=O)=O)c2)C1. The molecule has 0 aliphatic carbocycles. The first-order chi connectivity index (χ1) is 12.0. The van der Waals surface area contributed by atoms with E-state index >= 15 is 0 Å². The highest BCUT2D eigenvalue weighted by Crippen LogP contribution is 2.36. The Morgan fingerprint density at radius 1 is 1.15 bits per heavy atom. The van der Waals surface area contributed by atoms with E-state index in [9.17, 15) is 18.0 Å². The van der Waals surface area contributed by atoms with Gasteiger partial charge in [0.1, 0.15) is 0 Å². The summed E-state index contributed by atoms with van der Waals surface area (Å²) >= 11 is 0. The molecule has 0 N–H and O–H groups in total. The lowest BCUT2D eigenvalue weighted by Crippen LogP contribution is -2.42. The molecule has 7 heteroatoms. The van der Waals surface area contributed by atoms with Gasteiger partial charge in [-0.2, -0.15) is 0 Å². The van der Waals surface area contributed by atoms with Crippen LogP contribution >= 0.6 is 0 Å². The summed E-state index contributed by atoms with van der Waals surface area (Å²) in [6, 6.07) is 6.39. The first-order valence-corrected chi connectivity index (χ1v) is 10.6. The smallest absolute Gasteiger partial charge is 0.253 e. The first-order valence-electron chi connectivity index (χ1n) is 8.98. The average Bonchev–Trinajstić information content (AvgIpc) is 2.69. The number of piperidine rings is 1. The molecule has 2 heterocycles. The molecule has 0 bridgehead atoms. The van der Waals surface area contributed by atoms with E-state index in [0.717, 1.165) is 10.7 Å². The van der Waals surface area contributed by atoms with E-state index in [1.807, 2.05) is 4.90 Å². The molecular weight excluding hydrogens is 352 g/mol. The Morgan fingerprint density at radius 3 is 2.31 bits per heavy atom. The fraction of sp³-hybridized carbons (Fsp3) is 0.579. The monoisotopic (exact) mass is 378 g/mol. The molecule has 0 saturated carbocycles. The summed E-state index contributed by atoms with van der Waals surface area (Å²) in [4.78, 5) is 27.3. The predicted molar refractivity (Wildman–Crippen MR) is 100 cm³/mol. The molecule has 2 aliphatic rings. The minimum absolute atomic E-state index is 0.117. The normalized spacial score (nSPS) is 27.6. The van der Waals surface area contributed by atoms with Gasteiger partial charge in [-0.05, 0) is 50.3 Å². The molecular formula is C19H26N2O4S. The van der Waals surface area contributed by atoms with Gasteiger partial charge in [0.15, 0.2) is 0 Å². The van der Waals surface area contributed by atoms with E-state index in [1.165, 1.54) is 6.07 Å². The van der Waals surface area contributed by atoms with Crippen molar-refractivity contribution in [2.24, 2.45) is 17.3 Å². The van der Waals surface area contributed by atoms with Gasteiger partial charge >= 0.3 is 0 Å². The maximum Gasteiger partial charge on any atom is 0.253 e. The molecule has 0 radical (unpaired) electrons. The van der Waals surface area contributed by atoms with E-state index in [0.29, 0.717) is 30.5 Å². The van der Waals surface area contributed by atoms with Crippen LogP contribution in [0.25, 0.3) is 0 Å². The van der Waals surface area contributed by atoms with Gasteiger partial charge in [0.2, 0.25) is 15.9 Å². The second-order valence-corrected chi connectivity index (χ2v) is 10.2. The fourth-order valence-electron chi connectivity index (χ4n) is 4.04. The molecule has 1 aromatic carbocycles. The Bertz CT molecular complexity index is 837. The van der Waals surface area contributed by atoms with Gasteiger partial charge in [-0.1, -0.05) is 19.9 Å². The highest BCUT2D eigenvalue weighted by Gasteiger charge is 2.50. The Morgan fingerprint density at radius 2 is 1.77 bits per heavy atom. The quantitative estimate of drug-likeness (QED) is 0.792. The van der Waals surface area contributed by atoms with Gasteiger partial charge in [0.05, 0.1) is 16.9 Å². The highest BCUT2D eigenvalue weighted by molar-refractivity contribution is 7.94. The van der Waals surface area contributed by atoms with Crippen molar-refractivity contribution < 1.29 is 18.0 Å². The van der Waals surface area contributed by atoms with Crippen LogP contribution < -0.4 is 4.31 Å². The first kappa shape index (κ1) is 18.9. The van der Waals surface area contributed by atoms with Crippen LogP contribution in [-0.4, -0.2) is 44.0 Å². The van der Waals surface area contributed by atoms with Crippen molar-refractivity contribution in [2.75, 3.05) is 23.1 Å². The maximum absolute atomic E-state index is 12.9. The molecule has 26 heavy (non-hydrogen) atoms. The second-order valence-electron chi connectivity index (χ2n) is 8.42. The van der Waals surface area contributed by atoms with Crippen LogP contribution in [0.2, 0.25) is 0 Å². The fourth-order valence-corrected chi connectivity index (χ4v) is 6.14. The Kier molecular flexibility index (Phi) is 4.63. The number of hydrogen-bond acceptors (Lipinski definition) is 4. The van der Waals surface area contributed by atoms with Crippen molar-refractivity contribution in [3.8, 4) is 0 Å². The summed E-state index contributed by atoms with van der Waals surface area (Å²) in [6.45, 7) is 8.90. The zero-order valence-electron chi connectivity index (χ0n) is 15.7. The van der Waals surface area contributed by atoms with Gasteiger partial charge in [-0.3, -0.25) is 9.59 Å². The summed E-state index contributed by atoms with van der Waals surface area (Å²) in [5, 5.41) is 0. The molecule has 2 saturated heterocycles. The molecule has 3 rings (SSSR count). The van der Waals surface area contributed by atoms with Crippen molar-refractivity contribution in [1.82, 2.24) is 4.90 Å². The van der Waals surface area contributed by atoms with Gasteiger partial charge in [0, 0.05) is 18.7 Å².